The molecule has 0 aliphatic rings. The van der Waals surface area contributed by atoms with Gasteiger partial charge in [-0.25, -0.2) is 0 Å². The van der Waals surface area contributed by atoms with Crippen LogP contribution in [0.25, 0.3) is 10.4 Å². The quantitative estimate of drug-likeness (QED) is 0.396. The van der Waals surface area contributed by atoms with Crippen LogP contribution in [-0.4, -0.2) is 20.9 Å². The van der Waals surface area contributed by atoms with Crippen LogP contribution >= 0.6 is 11.3 Å². The molecule has 0 saturated heterocycles. The lowest BCUT2D eigenvalue weighted by molar-refractivity contribution is -0.116. The molecule has 0 spiro atoms. The van der Waals surface area contributed by atoms with Crippen molar-refractivity contribution in [3.8, 4) is 10.4 Å². The Kier molecular flexibility index (Phi) is 6.43. The number of anilines is 2. The summed E-state index contributed by atoms with van der Waals surface area (Å²) in [6, 6.07) is 18.3. The second-order valence-corrected chi connectivity index (χ2v) is 8.48. The van der Waals surface area contributed by atoms with Gasteiger partial charge in [-0.3, -0.25) is 9.48 Å². The van der Waals surface area contributed by atoms with Gasteiger partial charge in [0.1, 0.15) is 0 Å². The number of nitrogens with one attached hydrogen (secondary N) is 1. The maximum atomic E-state index is 12.5. The number of carbonyl (C=O) groups excluding carboxylic acids is 1. The van der Waals surface area contributed by atoms with Gasteiger partial charge in [-0.2, -0.15) is 0 Å². The molecule has 0 radical (unpaired) electrons. The van der Waals surface area contributed by atoms with E-state index in [0.29, 0.717) is 24.2 Å². The fourth-order valence-corrected chi connectivity index (χ4v) is 4.00. The number of nitrogens with two attached hydrogens (primary N) is 1. The number of hydrogen-bond donors (Lipinski definition) is 2. The van der Waals surface area contributed by atoms with E-state index in [1.807, 2.05) is 46.6 Å². The van der Waals surface area contributed by atoms with Crippen LogP contribution in [0.1, 0.15) is 23.2 Å². The predicted octanol–water partition coefficient (Wildman–Crippen LogP) is 4.71. The number of benzene rings is 2. The van der Waals surface area contributed by atoms with Gasteiger partial charge < -0.3 is 11.1 Å². The summed E-state index contributed by atoms with van der Waals surface area (Å²) >= 11 is 1.65. The summed E-state index contributed by atoms with van der Waals surface area (Å²) in [7, 11) is 0. The van der Waals surface area contributed by atoms with Crippen LogP contribution in [0.2, 0.25) is 0 Å². The van der Waals surface area contributed by atoms with Gasteiger partial charge in [0.2, 0.25) is 5.91 Å². The molecule has 0 unspecified atom stereocenters. The second kappa shape index (κ2) is 9.57. The van der Waals surface area contributed by atoms with E-state index in [2.05, 4.69) is 46.8 Å². The average Bonchev–Trinajstić information content (AvgIpc) is 3.46. The Morgan fingerprint density at radius 3 is 2.74 bits per heavy atom. The monoisotopic (exact) mass is 431 g/mol. The standard InChI is InChI=1S/C24H25N5OS/c1-17-4-6-18(7-5-17)12-13-29-16-20(27-28-29)9-11-24(30)26-22-15-19(8-10-21(22)25)23-3-2-14-31-23/h2-8,10,14-16H,9,11-13,25H2,1H3,(H,26,30). The molecule has 3 N–H and O–H groups in total. The number of thiophene rings is 1. The van der Waals surface area contributed by atoms with Crippen molar-refractivity contribution in [2.24, 2.45) is 0 Å². The molecule has 0 bridgehead atoms. The van der Waals surface area contributed by atoms with Crippen molar-refractivity contribution in [3.63, 3.8) is 0 Å². The molecule has 2 aromatic carbocycles. The highest BCUT2D eigenvalue weighted by atomic mass is 32.1. The van der Waals surface area contributed by atoms with Gasteiger partial charge in [-0.15, -0.1) is 16.4 Å². The first-order chi connectivity index (χ1) is 15.1. The molecule has 0 atom stereocenters. The van der Waals surface area contributed by atoms with Crippen LogP contribution in [0.15, 0.2) is 66.2 Å². The first kappa shape index (κ1) is 20.8. The molecule has 0 aliphatic carbocycles. The highest BCUT2D eigenvalue weighted by molar-refractivity contribution is 7.13. The summed E-state index contributed by atoms with van der Waals surface area (Å²) < 4.78 is 1.83. The molecule has 6 nitrogen and oxygen atoms in total. The van der Waals surface area contributed by atoms with Gasteiger partial charge in [0.25, 0.3) is 0 Å². The molecule has 4 aromatic rings. The minimum absolute atomic E-state index is 0.0933. The van der Waals surface area contributed by atoms with Crippen LogP contribution < -0.4 is 11.1 Å². The molecule has 0 aliphatic heterocycles. The van der Waals surface area contributed by atoms with E-state index in [0.717, 1.165) is 29.1 Å². The third-order valence-corrected chi connectivity index (χ3v) is 6.00. The highest BCUT2D eigenvalue weighted by Crippen LogP contribution is 2.30. The maximum absolute atomic E-state index is 12.5. The topological polar surface area (TPSA) is 85.8 Å². The summed E-state index contributed by atoms with van der Waals surface area (Å²) in [6.07, 6.45) is 3.65. The van der Waals surface area contributed by atoms with Gasteiger partial charge in [0, 0.05) is 30.5 Å². The van der Waals surface area contributed by atoms with Crippen molar-refractivity contribution in [1.82, 2.24) is 15.0 Å². The molecular weight excluding hydrogens is 406 g/mol. The van der Waals surface area contributed by atoms with Crippen molar-refractivity contribution in [2.45, 2.75) is 32.7 Å². The summed E-state index contributed by atoms with van der Waals surface area (Å²) in [5.74, 6) is -0.0933. The largest absolute Gasteiger partial charge is 0.397 e. The van der Waals surface area contributed by atoms with E-state index in [4.69, 9.17) is 5.73 Å². The lowest BCUT2D eigenvalue weighted by Gasteiger charge is -2.09. The number of nitrogens with zero attached hydrogens (tertiary/aromatic N) is 3. The van der Waals surface area contributed by atoms with Crippen molar-refractivity contribution in [2.75, 3.05) is 11.1 Å². The fourth-order valence-electron chi connectivity index (χ4n) is 3.28. The molecule has 1 amide bonds. The molecule has 0 fully saturated rings. The summed E-state index contributed by atoms with van der Waals surface area (Å²) in [6.45, 7) is 2.84. The molecule has 7 heteroatoms. The highest BCUT2D eigenvalue weighted by Gasteiger charge is 2.10. The van der Waals surface area contributed by atoms with Gasteiger partial charge in [-0.05, 0) is 48.1 Å². The minimum Gasteiger partial charge on any atom is -0.397 e. The summed E-state index contributed by atoms with van der Waals surface area (Å²) in [4.78, 5) is 13.6. The van der Waals surface area contributed by atoms with Crippen molar-refractivity contribution in [3.05, 3.63) is 83.0 Å². The number of nitrogen functional groups attached to an aromatic ring is 1. The smallest absolute Gasteiger partial charge is 0.224 e. The Balaban J connectivity index is 1.29. The normalized spacial score (nSPS) is 10.9. The first-order valence-corrected chi connectivity index (χ1v) is 11.1. The number of hydrogen-bond acceptors (Lipinski definition) is 5. The van der Waals surface area contributed by atoms with E-state index in [9.17, 15) is 4.79 Å². The number of carbonyl (C=O) groups is 1. The molecule has 4 rings (SSSR count). The predicted molar refractivity (Wildman–Crippen MR) is 126 cm³/mol. The Morgan fingerprint density at radius 2 is 1.97 bits per heavy atom. The molecule has 2 aromatic heterocycles. The maximum Gasteiger partial charge on any atom is 0.224 e. The van der Waals surface area contributed by atoms with E-state index < -0.39 is 0 Å². The Bertz CT molecular complexity index is 1150. The minimum atomic E-state index is -0.0933. The Morgan fingerprint density at radius 1 is 1.13 bits per heavy atom. The molecule has 31 heavy (non-hydrogen) atoms. The van der Waals surface area contributed by atoms with Crippen LogP contribution in [0, 0.1) is 6.92 Å². The van der Waals surface area contributed by atoms with E-state index in [-0.39, 0.29) is 5.91 Å². The van der Waals surface area contributed by atoms with Crippen LogP contribution in [-0.2, 0) is 24.2 Å². The zero-order valence-electron chi connectivity index (χ0n) is 17.4. The summed E-state index contributed by atoms with van der Waals surface area (Å²) in [5.41, 5.74) is 11.6. The van der Waals surface area contributed by atoms with Crippen LogP contribution in [0.3, 0.4) is 0 Å². The number of amides is 1. The third-order valence-electron chi connectivity index (χ3n) is 5.08. The van der Waals surface area contributed by atoms with Gasteiger partial charge in [0.05, 0.1) is 17.1 Å². The molecule has 0 saturated carbocycles. The lowest BCUT2D eigenvalue weighted by atomic mass is 10.1. The SMILES string of the molecule is Cc1ccc(CCn2cc(CCC(=O)Nc3cc(-c4cccs4)ccc3N)nn2)cc1. The van der Waals surface area contributed by atoms with Gasteiger partial charge in [-0.1, -0.05) is 47.2 Å². The lowest BCUT2D eigenvalue weighted by Crippen LogP contribution is -2.13. The van der Waals surface area contributed by atoms with Gasteiger partial charge in [0.15, 0.2) is 0 Å². The fraction of sp³-hybridized carbons (Fsp3) is 0.208. The third kappa shape index (κ3) is 5.58. The van der Waals surface area contributed by atoms with Crippen molar-refractivity contribution in [1.29, 1.82) is 0 Å². The van der Waals surface area contributed by atoms with Gasteiger partial charge >= 0.3 is 0 Å². The van der Waals surface area contributed by atoms with Crippen molar-refractivity contribution < 1.29 is 4.79 Å². The van der Waals surface area contributed by atoms with Crippen molar-refractivity contribution >= 4 is 28.6 Å². The first-order valence-electron chi connectivity index (χ1n) is 10.2. The second-order valence-electron chi connectivity index (χ2n) is 7.54. The Hall–Kier alpha value is -3.45. The van der Waals surface area contributed by atoms with Crippen LogP contribution in [0.5, 0.6) is 0 Å². The Labute approximate surface area is 185 Å². The zero-order valence-corrected chi connectivity index (χ0v) is 18.2. The number of aryl methyl sites for hydroxylation is 4. The molecular formula is C24H25N5OS. The van der Waals surface area contributed by atoms with E-state index >= 15 is 0 Å². The number of rotatable bonds is 8. The molecule has 2 heterocycles. The van der Waals surface area contributed by atoms with E-state index in [1.54, 1.807) is 11.3 Å². The van der Waals surface area contributed by atoms with Crippen LogP contribution in [0.4, 0.5) is 11.4 Å². The average molecular weight is 432 g/mol. The number of aromatic nitrogens is 3. The van der Waals surface area contributed by atoms with E-state index in [1.165, 1.54) is 11.1 Å². The molecule has 158 valence electrons. The summed E-state index contributed by atoms with van der Waals surface area (Å²) in [5, 5.41) is 13.3. The zero-order chi connectivity index (χ0) is 21.6.